The minimum atomic E-state index is -4.47. The van der Waals surface area contributed by atoms with E-state index in [2.05, 4.69) is 36.1 Å². The van der Waals surface area contributed by atoms with Crippen LogP contribution in [0.1, 0.15) is 82.1 Å². The summed E-state index contributed by atoms with van der Waals surface area (Å²) < 4.78 is 45.0. The molecule has 1 amide bonds. The van der Waals surface area contributed by atoms with Crippen molar-refractivity contribution in [3.05, 3.63) is 53.4 Å². The van der Waals surface area contributed by atoms with Crippen LogP contribution in [0, 0.1) is 0 Å². The highest BCUT2D eigenvalue weighted by atomic mass is 32.2. The number of thiazole rings is 1. The quantitative estimate of drug-likeness (QED) is 0.123. The van der Waals surface area contributed by atoms with Gasteiger partial charge in [-0.3, -0.25) is 9.59 Å². The number of nitrogens with two attached hydrogens (primary N) is 1. The topological polar surface area (TPSA) is 111 Å². The first-order valence-corrected chi connectivity index (χ1v) is 14.4. The van der Waals surface area contributed by atoms with E-state index in [4.69, 9.17) is 10.2 Å². The number of nitrogens with zero attached hydrogens (tertiary/aromatic N) is 2. The number of nitrogens with one attached hydrogen (secondary N) is 1. The number of Topliss-reactive ketones (excluding diaryl/α,β-unsaturated/α-hetero) is 1. The number of nitrogen functional groups attached to an aromatic ring is 1. The highest BCUT2D eigenvalue weighted by Gasteiger charge is 2.30. The van der Waals surface area contributed by atoms with Gasteiger partial charge in [-0.2, -0.15) is 13.2 Å². The summed E-state index contributed by atoms with van der Waals surface area (Å²) in [6, 6.07) is 3.06. The predicted octanol–water partition coefficient (Wildman–Crippen LogP) is 7.41. The Morgan fingerprint density at radius 3 is 2.41 bits per heavy atom. The summed E-state index contributed by atoms with van der Waals surface area (Å²) in [6.07, 6.45) is 2.57. The zero-order valence-electron chi connectivity index (χ0n) is 22.2. The van der Waals surface area contributed by atoms with Crippen LogP contribution in [-0.4, -0.2) is 21.7 Å². The van der Waals surface area contributed by atoms with E-state index in [1.54, 1.807) is 24.2 Å². The fourth-order valence-corrected chi connectivity index (χ4v) is 5.36. The highest BCUT2D eigenvalue weighted by Crippen LogP contribution is 2.33. The first kappa shape index (κ1) is 30.7. The number of unbranched alkanes of at least 4 members (excludes halogenated alkanes) is 3. The Morgan fingerprint density at radius 1 is 1.05 bits per heavy atom. The molecular formula is C27H33F3N4O3S2. The largest absolute Gasteiger partial charge is 0.444 e. The van der Waals surface area contributed by atoms with E-state index < -0.39 is 11.7 Å². The molecule has 2 heterocycles. The van der Waals surface area contributed by atoms with Crippen molar-refractivity contribution < 1.29 is 27.2 Å². The van der Waals surface area contributed by atoms with Crippen molar-refractivity contribution in [3.63, 3.8) is 0 Å². The zero-order valence-corrected chi connectivity index (χ0v) is 23.8. The summed E-state index contributed by atoms with van der Waals surface area (Å²) in [5, 5.41) is 3.36. The third-order valence-corrected chi connectivity index (χ3v) is 7.92. The van der Waals surface area contributed by atoms with Crippen molar-refractivity contribution >= 4 is 45.6 Å². The molecule has 0 fully saturated rings. The summed E-state index contributed by atoms with van der Waals surface area (Å²) in [4.78, 5) is 33.0. The number of anilines is 2. The summed E-state index contributed by atoms with van der Waals surface area (Å²) in [6.45, 7) is 6.20. The second-order valence-electron chi connectivity index (χ2n) is 10.2. The molecular weight excluding hydrogens is 549 g/mol. The van der Waals surface area contributed by atoms with E-state index in [1.165, 1.54) is 17.4 Å². The molecule has 7 nitrogen and oxygen atoms in total. The van der Waals surface area contributed by atoms with Crippen molar-refractivity contribution in [2.45, 2.75) is 87.3 Å². The molecule has 3 N–H and O–H groups in total. The van der Waals surface area contributed by atoms with Gasteiger partial charge in [0.25, 0.3) is 0 Å². The number of amides is 1. The van der Waals surface area contributed by atoms with Gasteiger partial charge in [0.2, 0.25) is 11.8 Å². The van der Waals surface area contributed by atoms with Gasteiger partial charge in [-0.25, -0.2) is 9.97 Å². The second kappa shape index (κ2) is 13.5. The van der Waals surface area contributed by atoms with Gasteiger partial charge in [-0.1, -0.05) is 51.0 Å². The van der Waals surface area contributed by atoms with Gasteiger partial charge in [-0.15, -0.1) is 11.8 Å². The normalized spacial score (nSPS) is 12.1. The molecule has 3 aromatic rings. The van der Waals surface area contributed by atoms with Crippen LogP contribution in [-0.2, 0) is 33.4 Å². The molecule has 39 heavy (non-hydrogen) atoms. The number of alkyl halides is 3. The maximum atomic E-state index is 12.7. The Bertz CT molecular complexity index is 1270. The van der Waals surface area contributed by atoms with Gasteiger partial charge in [-0.05, 0) is 30.5 Å². The molecule has 212 valence electrons. The number of carbonyl (C=O) groups excluding carboxylic acids is 2. The number of aromatic nitrogens is 2. The molecule has 12 heteroatoms. The third-order valence-electron chi connectivity index (χ3n) is 5.83. The molecule has 0 spiro atoms. The third kappa shape index (κ3) is 9.99. The lowest BCUT2D eigenvalue weighted by Gasteiger charge is -2.12. The SMILES string of the molecule is CC(C)(C)c1cnc(CSc2cnc(NC(=O)CCCCCCC(=O)Cc3ccc(C(F)(F)F)cc3N)s2)o1. The molecule has 0 aliphatic rings. The highest BCUT2D eigenvalue weighted by molar-refractivity contribution is 8.00. The van der Waals surface area contributed by atoms with Crippen molar-refractivity contribution in [1.29, 1.82) is 0 Å². The van der Waals surface area contributed by atoms with Gasteiger partial charge < -0.3 is 15.5 Å². The van der Waals surface area contributed by atoms with E-state index in [-0.39, 0.29) is 29.2 Å². The average Bonchev–Trinajstić information content (AvgIpc) is 3.50. The van der Waals surface area contributed by atoms with Gasteiger partial charge in [0, 0.05) is 30.4 Å². The Labute approximate surface area is 234 Å². The van der Waals surface area contributed by atoms with E-state index in [0.29, 0.717) is 48.0 Å². The second-order valence-corrected chi connectivity index (χ2v) is 12.5. The number of carbonyl (C=O) groups is 2. The maximum absolute atomic E-state index is 12.7. The first-order chi connectivity index (χ1) is 18.3. The van der Waals surface area contributed by atoms with Crippen LogP contribution in [0.4, 0.5) is 24.0 Å². The fourth-order valence-electron chi connectivity index (χ4n) is 3.62. The molecule has 0 saturated heterocycles. The number of rotatable bonds is 13. The van der Waals surface area contributed by atoms with Crippen LogP contribution >= 0.6 is 23.1 Å². The van der Waals surface area contributed by atoms with Crippen molar-refractivity contribution in [2.75, 3.05) is 11.1 Å². The first-order valence-electron chi connectivity index (χ1n) is 12.6. The Hall–Kier alpha value is -2.86. The maximum Gasteiger partial charge on any atom is 0.416 e. The summed E-state index contributed by atoms with van der Waals surface area (Å²) in [5.41, 5.74) is 5.15. The lowest BCUT2D eigenvalue weighted by Crippen LogP contribution is -2.10. The van der Waals surface area contributed by atoms with Gasteiger partial charge in [0.1, 0.15) is 11.5 Å². The van der Waals surface area contributed by atoms with Gasteiger partial charge >= 0.3 is 6.18 Å². The molecule has 1 aromatic carbocycles. The molecule has 0 aliphatic heterocycles. The number of oxazole rings is 1. The fraction of sp³-hybridized carbons (Fsp3) is 0.481. The van der Waals surface area contributed by atoms with Crippen molar-refractivity contribution in [1.82, 2.24) is 9.97 Å². The van der Waals surface area contributed by atoms with Crippen LogP contribution in [0.3, 0.4) is 0 Å². The van der Waals surface area contributed by atoms with Crippen molar-refractivity contribution in [2.24, 2.45) is 0 Å². The number of ketones is 1. The summed E-state index contributed by atoms with van der Waals surface area (Å²) in [7, 11) is 0. The van der Waals surface area contributed by atoms with E-state index in [9.17, 15) is 22.8 Å². The van der Waals surface area contributed by atoms with Crippen LogP contribution < -0.4 is 11.1 Å². The minimum absolute atomic E-state index is 0.0104. The standard InChI is InChI=1S/C27H33F3N4O3S2/c1-26(2,3)21-14-32-23(37-21)16-38-24-15-33-25(39-24)34-22(36)9-7-5-4-6-8-19(35)12-17-10-11-18(13-20(17)31)27(28,29)30/h10-11,13-15H,4-9,12,16,31H2,1-3H3,(H,33,34,36). The molecule has 0 saturated carbocycles. The van der Waals surface area contributed by atoms with E-state index in [1.807, 2.05) is 0 Å². The molecule has 0 atom stereocenters. The smallest absolute Gasteiger partial charge is 0.416 e. The molecule has 3 rings (SSSR count). The van der Waals surface area contributed by atoms with Gasteiger partial charge in [0.05, 0.1) is 27.9 Å². The minimum Gasteiger partial charge on any atom is -0.444 e. The molecule has 0 unspecified atom stereocenters. The Morgan fingerprint density at radius 2 is 1.77 bits per heavy atom. The number of halogens is 3. The number of hydrogen-bond donors (Lipinski definition) is 2. The average molecular weight is 583 g/mol. The number of hydrogen-bond acceptors (Lipinski definition) is 8. The zero-order chi connectivity index (χ0) is 28.6. The lowest BCUT2D eigenvalue weighted by molar-refractivity contribution is -0.137. The van der Waals surface area contributed by atoms with E-state index in [0.717, 1.165) is 34.9 Å². The van der Waals surface area contributed by atoms with Crippen LogP contribution in [0.15, 0.2) is 39.2 Å². The monoisotopic (exact) mass is 582 g/mol. The van der Waals surface area contributed by atoms with Gasteiger partial charge in [0.15, 0.2) is 5.13 Å². The predicted molar refractivity (Wildman–Crippen MR) is 148 cm³/mol. The number of thioether (sulfide) groups is 1. The summed E-state index contributed by atoms with van der Waals surface area (Å²) >= 11 is 2.94. The van der Waals surface area contributed by atoms with Crippen LogP contribution in [0.2, 0.25) is 0 Å². The Kier molecular flexibility index (Phi) is 10.6. The molecule has 0 aliphatic carbocycles. The van der Waals surface area contributed by atoms with Crippen molar-refractivity contribution in [3.8, 4) is 0 Å². The molecule has 2 aromatic heterocycles. The molecule has 0 bridgehead atoms. The Balaban J connectivity index is 1.28. The summed E-state index contributed by atoms with van der Waals surface area (Å²) in [5.74, 6) is 1.87. The van der Waals surface area contributed by atoms with Crippen LogP contribution in [0.5, 0.6) is 0 Å². The number of benzene rings is 1. The lowest BCUT2D eigenvalue weighted by atomic mass is 9.94. The molecule has 0 radical (unpaired) electrons. The van der Waals surface area contributed by atoms with Crippen LogP contribution in [0.25, 0.3) is 0 Å². The van der Waals surface area contributed by atoms with E-state index >= 15 is 0 Å².